The van der Waals surface area contributed by atoms with Gasteiger partial charge in [0, 0.05) is 23.7 Å². The molecular formula is C32H39BFN3O5. The second kappa shape index (κ2) is 10.7. The maximum Gasteiger partial charge on any atom is 0.495 e. The van der Waals surface area contributed by atoms with Gasteiger partial charge in [-0.3, -0.25) is 4.79 Å². The summed E-state index contributed by atoms with van der Waals surface area (Å²) >= 11 is 0. The highest BCUT2D eigenvalue weighted by molar-refractivity contribution is 6.64. The molecule has 3 fully saturated rings. The van der Waals surface area contributed by atoms with E-state index >= 15 is 0 Å². The Kier molecular flexibility index (Phi) is 7.65. The van der Waals surface area contributed by atoms with Gasteiger partial charge in [-0.15, -0.1) is 0 Å². The van der Waals surface area contributed by atoms with E-state index in [1.807, 2.05) is 65.5 Å². The molecule has 3 saturated heterocycles. The van der Waals surface area contributed by atoms with Crippen LogP contribution < -0.4 is 10.8 Å². The van der Waals surface area contributed by atoms with Gasteiger partial charge in [-0.2, -0.15) is 5.26 Å². The largest absolute Gasteiger partial charge is 0.495 e. The first kappa shape index (κ1) is 30.1. The van der Waals surface area contributed by atoms with Crippen LogP contribution in [-0.4, -0.2) is 58.9 Å². The number of halogens is 1. The van der Waals surface area contributed by atoms with E-state index < -0.39 is 35.8 Å². The number of rotatable bonds is 4. The van der Waals surface area contributed by atoms with Crippen molar-refractivity contribution in [3.8, 4) is 17.2 Å². The number of carbonyl (C=O) groups is 2. The molecule has 222 valence electrons. The van der Waals surface area contributed by atoms with Crippen molar-refractivity contribution < 1.29 is 28.0 Å². The molecule has 3 aliphatic heterocycles. The van der Waals surface area contributed by atoms with Gasteiger partial charge in [0.05, 0.1) is 16.8 Å². The zero-order valence-electron chi connectivity index (χ0n) is 25.4. The summed E-state index contributed by atoms with van der Waals surface area (Å²) in [5.74, 6) is -0.738. The zero-order chi connectivity index (χ0) is 30.6. The summed E-state index contributed by atoms with van der Waals surface area (Å²) in [6, 6.07) is 11.6. The van der Waals surface area contributed by atoms with Crippen LogP contribution in [0.25, 0.3) is 11.1 Å². The number of benzene rings is 2. The number of carbonyl (C=O) groups excluding carboxylic acids is 2. The Morgan fingerprint density at radius 1 is 1.05 bits per heavy atom. The van der Waals surface area contributed by atoms with E-state index in [4.69, 9.17) is 14.0 Å². The van der Waals surface area contributed by atoms with Crippen LogP contribution in [0.3, 0.4) is 0 Å². The average Bonchev–Trinajstić information content (AvgIpc) is 3.28. The van der Waals surface area contributed by atoms with E-state index in [0.717, 1.165) is 12.8 Å². The molecule has 5 rings (SSSR count). The van der Waals surface area contributed by atoms with Crippen LogP contribution in [0.5, 0.6) is 0 Å². The summed E-state index contributed by atoms with van der Waals surface area (Å²) in [5, 5.41) is 12.2. The van der Waals surface area contributed by atoms with Gasteiger partial charge < -0.3 is 24.3 Å². The monoisotopic (exact) mass is 575 g/mol. The third-order valence-corrected chi connectivity index (χ3v) is 8.90. The molecule has 3 heterocycles. The van der Waals surface area contributed by atoms with Gasteiger partial charge in [-0.1, -0.05) is 12.1 Å². The molecule has 0 unspecified atom stereocenters. The summed E-state index contributed by atoms with van der Waals surface area (Å²) in [5.41, 5.74) is 0.477. The quantitative estimate of drug-likeness (QED) is 0.495. The molecule has 0 saturated carbocycles. The van der Waals surface area contributed by atoms with Crippen molar-refractivity contribution in [3.63, 3.8) is 0 Å². The smallest absolute Gasteiger partial charge is 0.444 e. The summed E-state index contributed by atoms with van der Waals surface area (Å²) in [6.45, 7) is 13.3. The van der Waals surface area contributed by atoms with Crippen molar-refractivity contribution in [2.75, 3.05) is 0 Å². The van der Waals surface area contributed by atoms with Gasteiger partial charge in [-0.05, 0) is 115 Å². The van der Waals surface area contributed by atoms with Gasteiger partial charge in [0.1, 0.15) is 17.5 Å². The first-order chi connectivity index (χ1) is 19.6. The van der Waals surface area contributed by atoms with Crippen molar-refractivity contribution in [3.05, 3.63) is 53.3 Å². The van der Waals surface area contributed by atoms with Crippen LogP contribution in [0.15, 0.2) is 36.4 Å². The molecule has 0 aliphatic carbocycles. The fourth-order valence-electron chi connectivity index (χ4n) is 6.14. The van der Waals surface area contributed by atoms with E-state index in [-0.39, 0.29) is 29.6 Å². The number of piperidine rings is 1. The van der Waals surface area contributed by atoms with Crippen LogP contribution in [0.1, 0.15) is 90.1 Å². The number of nitrogens with zero attached hydrogens (tertiary/aromatic N) is 2. The van der Waals surface area contributed by atoms with Crippen molar-refractivity contribution in [2.24, 2.45) is 0 Å². The Hall–Kier alpha value is -3.42. The lowest BCUT2D eigenvalue weighted by atomic mass is 9.73. The third kappa shape index (κ3) is 5.77. The molecular weight excluding hydrogens is 536 g/mol. The first-order valence-electron chi connectivity index (χ1n) is 14.6. The van der Waals surface area contributed by atoms with Crippen molar-refractivity contribution >= 4 is 24.6 Å². The van der Waals surface area contributed by atoms with Gasteiger partial charge in [-0.25, -0.2) is 9.18 Å². The van der Waals surface area contributed by atoms with Gasteiger partial charge in [0.2, 0.25) is 0 Å². The topological polar surface area (TPSA) is 101 Å². The van der Waals surface area contributed by atoms with Crippen LogP contribution in [0, 0.1) is 17.1 Å². The number of nitriles is 1. The maximum atomic E-state index is 14.8. The molecule has 3 aliphatic rings. The summed E-state index contributed by atoms with van der Waals surface area (Å²) in [6.07, 6.45) is 2.59. The minimum atomic E-state index is -0.723. The average molecular weight is 575 g/mol. The minimum absolute atomic E-state index is 0.00485. The van der Waals surface area contributed by atoms with E-state index in [1.54, 1.807) is 18.2 Å². The Morgan fingerprint density at radius 2 is 1.67 bits per heavy atom. The molecule has 10 heteroatoms. The fourth-order valence-corrected chi connectivity index (χ4v) is 6.14. The second-order valence-corrected chi connectivity index (χ2v) is 13.6. The Morgan fingerprint density at radius 3 is 2.21 bits per heavy atom. The number of fused-ring (bicyclic) bond motifs is 2. The molecule has 0 spiro atoms. The number of nitrogens with one attached hydrogen (secondary N) is 1. The van der Waals surface area contributed by atoms with Crippen LogP contribution in [0.2, 0.25) is 0 Å². The van der Waals surface area contributed by atoms with Crippen molar-refractivity contribution in [2.45, 2.75) is 109 Å². The Labute approximate surface area is 247 Å². The highest BCUT2D eigenvalue weighted by Gasteiger charge is 2.52. The van der Waals surface area contributed by atoms with Gasteiger partial charge >= 0.3 is 13.2 Å². The maximum absolute atomic E-state index is 14.8. The molecule has 0 radical (unpaired) electrons. The standard InChI is InChI=1S/C32H39BFN3O5/c1-30(2,3)40-29(39)36-22-16-23-11-12-24(17-22)37(23)28(38)20-10-13-26(33-41-31(4,5)32(6,7)42-33)25(14-20)19-8-9-21(18-35)27(34)15-19/h8-10,13-15,22-24H,11-12,16-17H2,1-7H3,(H,36,39)/t22-,23-,24+. The molecule has 2 bridgehead atoms. The number of alkyl carbamates (subject to hydrolysis) is 1. The SMILES string of the molecule is CC(C)(C)OC(=O)N[C@@H]1C[C@H]2CC[C@@H](C1)N2C(=O)c1ccc(B2OC(C)(C)C(C)(C)O2)c(-c2ccc(C#N)c(F)c2)c1. The molecule has 8 nitrogen and oxygen atoms in total. The van der Waals surface area contributed by atoms with E-state index in [1.165, 1.54) is 12.1 Å². The summed E-state index contributed by atoms with van der Waals surface area (Å²) in [7, 11) is -0.723. The van der Waals surface area contributed by atoms with E-state index in [2.05, 4.69) is 5.32 Å². The van der Waals surface area contributed by atoms with Crippen molar-refractivity contribution in [1.29, 1.82) is 5.26 Å². The first-order valence-corrected chi connectivity index (χ1v) is 14.6. The second-order valence-electron chi connectivity index (χ2n) is 13.6. The molecule has 2 amide bonds. The predicted molar refractivity (Wildman–Crippen MR) is 158 cm³/mol. The van der Waals surface area contributed by atoms with Gasteiger partial charge in [0.15, 0.2) is 0 Å². The number of ether oxygens (including phenoxy) is 1. The zero-order valence-corrected chi connectivity index (χ0v) is 25.4. The number of hydrogen-bond acceptors (Lipinski definition) is 6. The normalized spacial score (nSPS) is 24.3. The third-order valence-electron chi connectivity index (χ3n) is 8.90. The molecule has 42 heavy (non-hydrogen) atoms. The highest BCUT2D eigenvalue weighted by atomic mass is 19.1. The van der Waals surface area contributed by atoms with Gasteiger partial charge in [0.25, 0.3) is 5.91 Å². The molecule has 2 aromatic carbocycles. The summed E-state index contributed by atoms with van der Waals surface area (Å²) in [4.78, 5) is 28.3. The predicted octanol–water partition coefficient (Wildman–Crippen LogP) is 5.32. The lowest BCUT2D eigenvalue weighted by Crippen LogP contribution is -2.53. The minimum Gasteiger partial charge on any atom is -0.444 e. The Balaban J connectivity index is 1.43. The molecule has 1 N–H and O–H groups in total. The van der Waals surface area contributed by atoms with Crippen molar-refractivity contribution in [1.82, 2.24) is 10.2 Å². The highest BCUT2D eigenvalue weighted by Crippen LogP contribution is 2.39. The summed E-state index contributed by atoms with van der Waals surface area (Å²) < 4.78 is 32.8. The number of hydrogen-bond donors (Lipinski definition) is 1. The number of amides is 2. The van der Waals surface area contributed by atoms with Crippen LogP contribution in [-0.2, 0) is 14.0 Å². The van der Waals surface area contributed by atoms with E-state index in [9.17, 15) is 19.2 Å². The molecule has 0 aromatic heterocycles. The lowest BCUT2D eigenvalue weighted by Gasteiger charge is -2.39. The fraction of sp³-hybridized carbons (Fsp3) is 0.531. The molecule has 2 aromatic rings. The Bertz CT molecular complexity index is 1420. The lowest BCUT2D eigenvalue weighted by molar-refractivity contribution is 0.00578. The van der Waals surface area contributed by atoms with E-state index in [0.29, 0.717) is 35.0 Å². The van der Waals surface area contributed by atoms with Crippen LogP contribution >= 0.6 is 0 Å². The van der Waals surface area contributed by atoms with Crippen LogP contribution in [0.4, 0.5) is 9.18 Å². The molecule has 3 atom stereocenters.